The van der Waals surface area contributed by atoms with Crippen molar-refractivity contribution in [2.75, 3.05) is 13.2 Å². The quantitative estimate of drug-likeness (QED) is 0.834. The fourth-order valence-corrected chi connectivity index (χ4v) is 2.40. The average Bonchev–Trinajstić information content (AvgIpc) is 2.99. The van der Waals surface area contributed by atoms with Crippen LogP contribution in [-0.4, -0.2) is 29.3 Å². The van der Waals surface area contributed by atoms with Crippen LogP contribution in [0.4, 0.5) is 0 Å². The van der Waals surface area contributed by atoms with Crippen LogP contribution in [0.2, 0.25) is 0 Å². The first-order chi connectivity index (χ1) is 7.92. The van der Waals surface area contributed by atoms with E-state index in [2.05, 4.69) is 15.5 Å². The second-order valence-electron chi connectivity index (χ2n) is 4.55. The summed E-state index contributed by atoms with van der Waals surface area (Å²) in [5.41, 5.74) is 0. The molecule has 5 nitrogen and oxygen atoms in total. The molecular weight excluding hydrogens is 206 g/mol. The first-order valence-corrected chi connectivity index (χ1v) is 6.09. The molecule has 88 valence electrons. The Hall–Kier alpha value is -0.940. The zero-order valence-corrected chi connectivity index (χ0v) is 9.32. The minimum Gasteiger partial charge on any atom is -0.370 e. The molecule has 1 aromatic heterocycles. The number of aromatic nitrogens is 2. The second-order valence-corrected chi connectivity index (χ2v) is 4.55. The van der Waals surface area contributed by atoms with E-state index in [9.17, 15) is 0 Å². The maximum Gasteiger partial charge on any atom is 0.228 e. The number of nitrogens with zero attached hydrogens (tertiary/aromatic N) is 2. The molecule has 0 aromatic carbocycles. The summed E-state index contributed by atoms with van der Waals surface area (Å²) >= 11 is 0. The van der Waals surface area contributed by atoms with Gasteiger partial charge in [0.1, 0.15) is 6.10 Å². The molecule has 2 fully saturated rings. The van der Waals surface area contributed by atoms with E-state index in [-0.39, 0.29) is 6.10 Å². The molecule has 3 rings (SSSR count). The van der Waals surface area contributed by atoms with Gasteiger partial charge in [-0.15, -0.1) is 0 Å². The molecule has 16 heavy (non-hydrogen) atoms. The van der Waals surface area contributed by atoms with Crippen LogP contribution in [0.3, 0.4) is 0 Å². The maximum absolute atomic E-state index is 5.52. The van der Waals surface area contributed by atoms with E-state index >= 15 is 0 Å². The van der Waals surface area contributed by atoms with E-state index < -0.39 is 0 Å². The summed E-state index contributed by atoms with van der Waals surface area (Å²) in [6.45, 7) is 1.93. The van der Waals surface area contributed by atoms with Crippen molar-refractivity contribution in [2.24, 2.45) is 0 Å². The van der Waals surface area contributed by atoms with E-state index in [1.54, 1.807) is 0 Å². The minimum atomic E-state index is 0.0639. The fraction of sp³-hybridized carbons (Fsp3) is 0.818. The van der Waals surface area contributed by atoms with E-state index in [1.165, 1.54) is 12.8 Å². The normalized spacial score (nSPS) is 30.0. The molecule has 3 heterocycles. The van der Waals surface area contributed by atoms with Crippen LogP contribution in [0.1, 0.15) is 43.5 Å². The standard InChI is InChI=1S/C11H17N3O2/c1-3-8(12-5-1)7-10-13-11(14-16-10)9-4-2-6-15-9/h8-9,12H,1-7H2. The number of ether oxygens (including phenoxy) is 1. The van der Waals surface area contributed by atoms with Crippen molar-refractivity contribution >= 4 is 0 Å². The van der Waals surface area contributed by atoms with Gasteiger partial charge in [-0.2, -0.15) is 4.98 Å². The third-order valence-electron chi connectivity index (χ3n) is 3.28. The Balaban J connectivity index is 1.62. The van der Waals surface area contributed by atoms with Crippen molar-refractivity contribution in [3.63, 3.8) is 0 Å². The molecule has 2 aliphatic rings. The first kappa shape index (κ1) is 10.2. The van der Waals surface area contributed by atoms with Crippen molar-refractivity contribution in [2.45, 2.75) is 44.2 Å². The van der Waals surface area contributed by atoms with Gasteiger partial charge in [0.25, 0.3) is 0 Å². The zero-order valence-electron chi connectivity index (χ0n) is 9.32. The monoisotopic (exact) mass is 223 g/mol. The zero-order chi connectivity index (χ0) is 10.8. The smallest absolute Gasteiger partial charge is 0.228 e. The molecule has 0 aliphatic carbocycles. The molecule has 1 aromatic rings. The molecule has 2 saturated heterocycles. The van der Waals surface area contributed by atoms with Gasteiger partial charge in [-0.05, 0) is 32.2 Å². The summed E-state index contributed by atoms with van der Waals surface area (Å²) in [5, 5.41) is 7.43. The van der Waals surface area contributed by atoms with Gasteiger partial charge in [-0.3, -0.25) is 0 Å². The number of hydrogen-bond donors (Lipinski definition) is 1. The van der Waals surface area contributed by atoms with Gasteiger partial charge in [-0.1, -0.05) is 5.16 Å². The van der Waals surface area contributed by atoms with Gasteiger partial charge in [0.15, 0.2) is 0 Å². The van der Waals surface area contributed by atoms with Crippen LogP contribution in [0.25, 0.3) is 0 Å². The largest absolute Gasteiger partial charge is 0.370 e. The van der Waals surface area contributed by atoms with Gasteiger partial charge < -0.3 is 14.6 Å². The van der Waals surface area contributed by atoms with Gasteiger partial charge in [0.2, 0.25) is 11.7 Å². The van der Waals surface area contributed by atoms with Crippen LogP contribution in [0.5, 0.6) is 0 Å². The lowest BCUT2D eigenvalue weighted by atomic mass is 10.1. The molecule has 5 heteroatoms. The van der Waals surface area contributed by atoms with E-state index in [1.807, 2.05) is 0 Å². The van der Waals surface area contributed by atoms with Crippen LogP contribution in [0.15, 0.2) is 4.52 Å². The number of hydrogen-bond acceptors (Lipinski definition) is 5. The van der Waals surface area contributed by atoms with E-state index in [0.29, 0.717) is 6.04 Å². The lowest BCUT2D eigenvalue weighted by Crippen LogP contribution is -2.23. The highest BCUT2D eigenvalue weighted by Gasteiger charge is 2.24. The molecule has 0 amide bonds. The predicted octanol–water partition coefficient (Wildman–Crippen LogP) is 1.22. The lowest BCUT2D eigenvalue weighted by molar-refractivity contribution is 0.103. The Labute approximate surface area is 94.6 Å². The summed E-state index contributed by atoms with van der Waals surface area (Å²) in [7, 11) is 0. The molecule has 0 bridgehead atoms. The summed E-state index contributed by atoms with van der Waals surface area (Å²) in [6.07, 6.45) is 5.47. The molecular formula is C11H17N3O2. The van der Waals surface area contributed by atoms with Crippen molar-refractivity contribution in [1.29, 1.82) is 0 Å². The predicted molar refractivity (Wildman–Crippen MR) is 57.0 cm³/mol. The Morgan fingerprint density at radius 1 is 1.31 bits per heavy atom. The molecule has 0 saturated carbocycles. The van der Waals surface area contributed by atoms with Crippen LogP contribution >= 0.6 is 0 Å². The fourth-order valence-electron chi connectivity index (χ4n) is 2.40. The Kier molecular flexibility index (Phi) is 2.88. The summed E-state index contributed by atoms with van der Waals surface area (Å²) in [4.78, 5) is 4.41. The Morgan fingerprint density at radius 3 is 3.06 bits per heavy atom. The molecule has 0 spiro atoms. The van der Waals surface area contributed by atoms with Gasteiger partial charge >= 0.3 is 0 Å². The average molecular weight is 223 g/mol. The highest BCUT2D eigenvalue weighted by atomic mass is 16.5. The van der Waals surface area contributed by atoms with Gasteiger partial charge in [0, 0.05) is 19.1 Å². The lowest BCUT2D eigenvalue weighted by Gasteiger charge is -2.05. The molecule has 1 N–H and O–H groups in total. The van der Waals surface area contributed by atoms with E-state index in [0.717, 1.165) is 44.1 Å². The summed E-state index contributed by atoms with van der Waals surface area (Å²) in [6, 6.07) is 0.512. The Bertz CT molecular complexity index is 341. The summed E-state index contributed by atoms with van der Waals surface area (Å²) in [5.74, 6) is 1.47. The third-order valence-corrected chi connectivity index (χ3v) is 3.28. The maximum atomic E-state index is 5.52. The SMILES string of the molecule is C1CNC(Cc2nc(C3CCCO3)no2)C1. The molecule has 2 unspecified atom stereocenters. The second kappa shape index (κ2) is 4.51. The topological polar surface area (TPSA) is 60.2 Å². The van der Waals surface area contributed by atoms with Gasteiger partial charge in [-0.25, -0.2) is 0 Å². The highest BCUT2D eigenvalue weighted by Crippen LogP contribution is 2.26. The van der Waals surface area contributed by atoms with E-state index in [4.69, 9.17) is 9.26 Å². The molecule has 0 radical (unpaired) electrons. The number of nitrogens with one attached hydrogen (secondary N) is 1. The minimum absolute atomic E-state index is 0.0639. The Morgan fingerprint density at radius 2 is 2.31 bits per heavy atom. The first-order valence-electron chi connectivity index (χ1n) is 6.09. The van der Waals surface area contributed by atoms with Crippen molar-refractivity contribution in [3.8, 4) is 0 Å². The number of rotatable bonds is 3. The van der Waals surface area contributed by atoms with Crippen molar-refractivity contribution < 1.29 is 9.26 Å². The molecule has 2 aliphatic heterocycles. The molecule has 2 atom stereocenters. The van der Waals surface area contributed by atoms with Crippen molar-refractivity contribution in [1.82, 2.24) is 15.5 Å². The van der Waals surface area contributed by atoms with Crippen molar-refractivity contribution in [3.05, 3.63) is 11.7 Å². The van der Waals surface area contributed by atoms with Crippen LogP contribution in [-0.2, 0) is 11.2 Å². The van der Waals surface area contributed by atoms with Gasteiger partial charge in [0.05, 0.1) is 0 Å². The third kappa shape index (κ3) is 2.10. The highest BCUT2D eigenvalue weighted by molar-refractivity contribution is 4.95. The van der Waals surface area contributed by atoms with Crippen LogP contribution in [0, 0.1) is 0 Å². The summed E-state index contributed by atoms with van der Waals surface area (Å²) < 4.78 is 10.8. The van der Waals surface area contributed by atoms with Crippen LogP contribution < -0.4 is 5.32 Å².